The van der Waals surface area contributed by atoms with E-state index < -0.39 is 0 Å². The van der Waals surface area contributed by atoms with Crippen molar-refractivity contribution in [1.29, 1.82) is 0 Å². The number of nitrogens with two attached hydrogens (primary N) is 1. The lowest BCUT2D eigenvalue weighted by Crippen LogP contribution is -2.38. The zero-order valence-corrected chi connectivity index (χ0v) is 11.8. The van der Waals surface area contributed by atoms with Crippen molar-refractivity contribution in [2.75, 3.05) is 0 Å². The highest BCUT2D eigenvalue weighted by Gasteiger charge is 2.28. The first-order valence-corrected chi connectivity index (χ1v) is 7.74. The quantitative estimate of drug-likeness (QED) is 0.884. The maximum Gasteiger partial charge on any atom is 0.123 e. The van der Waals surface area contributed by atoms with Crippen LogP contribution in [0.15, 0.2) is 29.2 Å². The maximum atomic E-state index is 12.9. The maximum absolute atomic E-state index is 12.9. The molecule has 100 valence electrons. The number of hydrogen-bond acceptors (Lipinski definition) is 2. The Labute approximate surface area is 113 Å². The monoisotopic (exact) mass is 267 g/mol. The summed E-state index contributed by atoms with van der Waals surface area (Å²) >= 11 is 1.82. The van der Waals surface area contributed by atoms with Gasteiger partial charge in [0.25, 0.3) is 0 Å². The van der Waals surface area contributed by atoms with Crippen LogP contribution in [0.2, 0.25) is 0 Å². The molecular weight excluding hydrogens is 245 g/mol. The third-order valence-corrected chi connectivity index (χ3v) is 5.14. The van der Waals surface area contributed by atoms with Crippen LogP contribution in [0.1, 0.15) is 39.0 Å². The average molecular weight is 267 g/mol. The van der Waals surface area contributed by atoms with Crippen molar-refractivity contribution in [3.63, 3.8) is 0 Å². The Morgan fingerprint density at radius 3 is 2.67 bits per heavy atom. The molecule has 2 rings (SSSR count). The van der Waals surface area contributed by atoms with Gasteiger partial charge in [-0.15, -0.1) is 11.8 Å². The molecule has 0 amide bonds. The van der Waals surface area contributed by atoms with Gasteiger partial charge in [-0.25, -0.2) is 4.39 Å². The molecule has 3 heteroatoms. The summed E-state index contributed by atoms with van der Waals surface area (Å²) < 4.78 is 12.9. The van der Waals surface area contributed by atoms with Gasteiger partial charge in [-0.1, -0.05) is 19.8 Å². The summed E-state index contributed by atoms with van der Waals surface area (Å²) in [7, 11) is 0. The van der Waals surface area contributed by atoms with Crippen LogP contribution in [0.3, 0.4) is 0 Å². The summed E-state index contributed by atoms with van der Waals surface area (Å²) in [6.07, 6.45) is 6.18. The van der Waals surface area contributed by atoms with Crippen LogP contribution in [0.25, 0.3) is 0 Å². The van der Waals surface area contributed by atoms with Gasteiger partial charge in [-0.3, -0.25) is 0 Å². The van der Waals surface area contributed by atoms with Crippen molar-refractivity contribution in [3.05, 3.63) is 30.1 Å². The van der Waals surface area contributed by atoms with E-state index in [4.69, 9.17) is 5.73 Å². The number of benzene rings is 1. The normalized spacial score (nSPS) is 28.3. The number of thioether (sulfide) groups is 1. The Kier molecular flexibility index (Phi) is 5.07. The molecule has 1 aromatic rings. The van der Waals surface area contributed by atoms with Crippen LogP contribution < -0.4 is 5.73 Å². The molecule has 2 N–H and O–H groups in total. The highest BCUT2D eigenvalue weighted by atomic mass is 32.2. The summed E-state index contributed by atoms with van der Waals surface area (Å²) in [6, 6.07) is 7.06. The first-order valence-electron chi connectivity index (χ1n) is 6.87. The minimum absolute atomic E-state index is 0.170. The predicted molar refractivity (Wildman–Crippen MR) is 76.3 cm³/mol. The van der Waals surface area contributed by atoms with Gasteiger partial charge in [0, 0.05) is 16.2 Å². The molecule has 0 radical (unpaired) electrons. The number of hydrogen-bond donors (Lipinski definition) is 1. The van der Waals surface area contributed by atoms with Crippen molar-refractivity contribution in [2.45, 2.75) is 55.2 Å². The van der Waals surface area contributed by atoms with E-state index in [1.54, 1.807) is 0 Å². The molecule has 0 aliphatic heterocycles. The zero-order chi connectivity index (χ0) is 13.0. The van der Waals surface area contributed by atoms with Gasteiger partial charge < -0.3 is 5.73 Å². The Bertz CT molecular complexity index is 365. The fourth-order valence-electron chi connectivity index (χ4n) is 2.73. The molecule has 0 aromatic heterocycles. The topological polar surface area (TPSA) is 26.0 Å². The highest BCUT2D eigenvalue weighted by Crippen LogP contribution is 2.37. The fourth-order valence-corrected chi connectivity index (χ4v) is 4.05. The van der Waals surface area contributed by atoms with Crippen molar-refractivity contribution >= 4 is 11.8 Å². The molecule has 1 nitrogen and oxygen atoms in total. The Morgan fingerprint density at radius 1 is 1.28 bits per heavy atom. The van der Waals surface area contributed by atoms with Gasteiger partial charge in [0.2, 0.25) is 0 Å². The summed E-state index contributed by atoms with van der Waals surface area (Å²) in [4.78, 5) is 1.13. The minimum Gasteiger partial charge on any atom is -0.327 e. The molecular formula is C15H22FNS. The smallest absolute Gasteiger partial charge is 0.123 e. The lowest BCUT2D eigenvalue weighted by atomic mass is 9.83. The Hall–Kier alpha value is -0.540. The van der Waals surface area contributed by atoms with E-state index in [0.29, 0.717) is 5.25 Å². The standard InChI is InChI=1S/C15H22FNS/c1-2-3-11-4-9-14(17)15(10-11)18-13-7-5-12(16)6-8-13/h5-8,11,14-15H,2-4,9-10,17H2,1H3. The molecule has 3 unspecified atom stereocenters. The summed E-state index contributed by atoms with van der Waals surface area (Å²) in [6.45, 7) is 2.25. The second kappa shape index (κ2) is 6.58. The Morgan fingerprint density at radius 2 is 2.00 bits per heavy atom. The fraction of sp³-hybridized carbons (Fsp3) is 0.600. The first kappa shape index (κ1) is 13.9. The number of rotatable bonds is 4. The third-order valence-electron chi connectivity index (χ3n) is 3.75. The largest absolute Gasteiger partial charge is 0.327 e. The zero-order valence-electron chi connectivity index (χ0n) is 10.9. The molecule has 1 fully saturated rings. The molecule has 0 bridgehead atoms. The van der Waals surface area contributed by atoms with Gasteiger partial charge in [0.1, 0.15) is 5.82 Å². The van der Waals surface area contributed by atoms with Gasteiger partial charge in [0.15, 0.2) is 0 Å². The summed E-state index contributed by atoms with van der Waals surface area (Å²) in [5.41, 5.74) is 6.22. The van der Waals surface area contributed by atoms with Gasteiger partial charge in [-0.2, -0.15) is 0 Å². The molecule has 0 heterocycles. The molecule has 0 spiro atoms. The van der Waals surface area contributed by atoms with Crippen LogP contribution in [0.4, 0.5) is 4.39 Å². The van der Waals surface area contributed by atoms with Gasteiger partial charge >= 0.3 is 0 Å². The number of halogens is 1. The van der Waals surface area contributed by atoms with Crippen LogP contribution in [0, 0.1) is 11.7 Å². The molecule has 1 aliphatic carbocycles. The van der Waals surface area contributed by atoms with E-state index >= 15 is 0 Å². The summed E-state index contributed by atoms with van der Waals surface area (Å²) in [5, 5.41) is 0.487. The molecule has 0 saturated heterocycles. The third kappa shape index (κ3) is 3.72. The van der Waals surface area contributed by atoms with Gasteiger partial charge in [-0.05, 0) is 49.4 Å². The van der Waals surface area contributed by atoms with E-state index in [2.05, 4.69) is 6.92 Å². The van der Waals surface area contributed by atoms with E-state index in [-0.39, 0.29) is 11.9 Å². The SMILES string of the molecule is CCCC1CCC(N)C(Sc2ccc(F)cc2)C1. The highest BCUT2D eigenvalue weighted by molar-refractivity contribution is 8.00. The first-order chi connectivity index (χ1) is 8.69. The van der Waals surface area contributed by atoms with Crippen LogP contribution in [-0.4, -0.2) is 11.3 Å². The van der Waals surface area contributed by atoms with E-state index in [0.717, 1.165) is 17.2 Å². The lowest BCUT2D eigenvalue weighted by Gasteiger charge is -2.33. The van der Waals surface area contributed by atoms with Gasteiger partial charge in [0.05, 0.1) is 0 Å². The Balaban J connectivity index is 1.95. The van der Waals surface area contributed by atoms with E-state index in [1.165, 1.54) is 37.8 Å². The predicted octanol–water partition coefficient (Wildman–Crippen LogP) is 4.21. The van der Waals surface area contributed by atoms with E-state index in [9.17, 15) is 4.39 Å². The minimum atomic E-state index is -0.170. The van der Waals surface area contributed by atoms with Crippen LogP contribution in [0.5, 0.6) is 0 Å². The lowest BCUT2D eigenvalue weighted by molar-refractivity contribution is 0.317. The summed E-state index contributed by atoms with van der Waals surface area (Å²) in [5.74, 6) is 0.656. The average Bonchev–Trinajstić information content (AvgIpc) is 2.36. The van der Waals surface area contributed by atoms with Crippen LogP contribution >= 0.6 is 11.8 Å². The van der Waals surface area contributed by atoms with E-state index in [1.807, 2.05) is 23.9 Å². The van der Waals surface area contributed by atoms with Crippen molar-refractivity contribution in [1.82, 2.24) is 0 Å². The molecule has 18 heavy (non-hydrogen) atoms. The van der Waals surface area contributed by atoms with Crippen LogP contribution in [-0.2, 0) is 0 Å². The molecule has 1 saturated carbocycles. The molecule has 3 atom stereocenters. The van der Waals surface area contributed by atoms with Crippen molar-refractivity contribution in [2.24, 2.45) is 11.7 Å². The molecule has 1 aromatic carbocycles. The second-order valence-corrected chi connectivity index (χ2v) is 6.55. The molecule has 1 aliphatic rings. The van der Waals surface area contributed by atoms with Crippen molar-refractivity contribution < 1.29 is 4.39 Å². The van der Waals surface area contributed by atoms with Crippen molar-refractivity contribution in [3.8, 4) is 0 Å². The second-order valence-electron chi connectivity index (χ2n) is 5.24.